The molecule has 1 N–H and O–H groups in total. The van der Waals surface area contributed by atoms with Gasteiger partial charge in [-0.05, 0) is 15.9 Å². The van der Waals surface area contributed by atoms with Crippen LogP contribution in [0, 0.1) is 4.91 Å². The number of nitrogens with zero attached hydrogens (tertiary/aromatic N) is 4. The molecule has 2 amide bonds. The van der Waals surface area contributed by atoms with Gasteiger partial charge in [0.05, 0.1) is 0 Å². The van der Waals surface area contributed by atoms with E-state index in [9.17, 15) is 14.5 Å². The van der Waals surface area contributed by atoms with Crippen molar-refractivity contribution in [2.45, 2.75) is 65.3 Å². The average molecular weight is 363 g/mol. The van der Waals surface area contributed by atoms with E-state index in [2.05, 4.69) is 12.2 Å². The quantitative estimate of drug-likeness (QED) is 0.552. The predicted octanol–water partition coefficient (Wildman–Crippen LogP) is 1.82. The molecule has 3 rings (SSSR count). The van der Waals surface area contributed by atoms with Crippen LogP contribution in [-0.2, 0) is 9.59 Å². The molecule has 0 spiro atoms. The summed E-state index contributed by atoms with van der Waals surface area (Å²) >= 11 is 0. The molecular weight excluding hydrogens is 334 g/mol. The fourth-order valence-electron chi connectivity index (χ4n) is 3.97. The molecule has 0 radical (unpaired) electrons. The lowest BCUT2D eigenvalue weighted by Gasteiger charge is -2.22. The number of rotatable bonds is 7. The van der Waals surface area contributed by atoms with Crippen LogP contribution in [0.4, 0.5) is 0 Å². The molecule has 2 atom stereocenters. The number of unbranched alkanes of at least 4 members (excludes halogenated alkanes) is 2. The maximum Gasteiger partial charge on any atom is 0.398 e. The number of carbonyl (C=O) groups excluding carboxylic acids is 2. The molecule has 2 unspecified atom stereocenters. The number of nitrogens with one attached hydrogen (secondary N) is 1. The van der Waals surface area contributed by atoms with E-state index >= 15 is 0 Å². The largest absolute Gasteiger partial charge is 0.398 e. The molecule has 26 heavy (non-hydrogen) atoms. The van der Waals surface area contributed by atoms with Crippen molar-refractivity contribution in [1.29, 1.82) is 0 Å². The van der Waals surface area contributed by atoms with E-state index in [0.29, 0.717) is 49.8 Å². The first kappa shape index (κ1) is 18.8. The van der Waals surface area contributed by atoms with Crippen molar-refractivity contribution in [3.63, 3.8) is 0 Å². The maximum absolute atomic E-state index is 13.4. The van der Waals surface area contributed by atoms with Crippen molar-refractivity contribution in [3.05, 3.63) is 16.3 Å². The third-order valence-electron chi connectivity index (χ3n) is 5.41. The summed E-state index contributed by atoms with van der Waals surface area (Å²) in [5, 5.41) is 3.18. The highest BCUT2D eigenvalue weighted by atomic mass is 16.4. The molecule has 0 bridgehead atoms. The molecule has 0 aromatic carbocycles. The Hall–Kier alpha value is -1.93. The van der Waals surface area contributed by atoms with Gasteiger partial charge in [0.1, 0.15) is 13.2 Å². The third-order valence-corrected chi connectivity index (χ3v) is 5.41. The van der Waals surface area contributed by atoms with E-state index in [1.54, 1.807) is 6.92 Å². The molecule has 8 nitrogen and oxygen atoms in total. The second-order valence-corrected chi connectivity index (χ2v) is 7.13. The van der Waals surface area contributed by atoms with Crippen molar-refractivity contribution in [3.8, 4) is 0 Å². The van der Waals surface area contributed by atoms with Gasteiger partial charge in [-0.1, -0.05) is 40.0 Å². The maximum atomic E-state index is 13.4. The number of amidine groups is 1. The number of hydrogen-bond donors (Lipinski definition) is 1. The minimum absolute atomic E-state index is 0.129. The molecule has 0 saturated carbocycles. The lowest BCUT2D eigenvalue weighted by Crippen LogP contribution is -2.59. The summed E-state index contributed by atoms with van der Waals surface area (Å²) in [6, 6.07) is -0.454. The fourth-order valence-corrected chi connectivity index (χ4v) is 3.97. The molecule has 3 aliphatic rings. The van der Waals surface area contributed by atoms with Crippen LogP contribution in [0.25, 0.3) is 0 Å². The van der Waals surface area contributed by atoms with E-state index in [-0.39, 0.29) is 16.4 Å². The van der Waals surface area contributed by atoms with Crippen LogP contribution in [0.15, 0.2) is 16.4 Å². The molecule has 3 aliphatic heterocycles. The zero-order valence-corrected chi connectivity index (χ0v) is 16.0. The van der Waals surface area contributed by atoms with Gasteiger partial charge in [-0.2, -0.15) is 4.90 Å². The smallest absolute Gasteiger partial charge is 0.276 e. The highest BCUT2D eigenvalue weighted by molar-refractivity contribution is 6.06. The second-order valence-electron chi connectivity index (χ2n) is 7.13. The second kappa shape index (κ2) is 7.36. The number of amides is 2. The van der Waals surface area contributed by atoms with Gasteiger partial charge in [0.25, 0.3) is 5.84 Å². The van der Waals surface area contributed by atoms with Crippen LogP contribution in [0.5, 0.6) is 0 Å². The van der Waals surface area contributed by atoms with Gasteiger partial charge in [0.15, 0.2) is 16.5 Å². The van der Waals surface area contributed by atoms with Crippen molar-refractivity contribution in [1.82, 2.24) is 10.2 Å². The number of hydrogen-bond acceptors (Lipinski definition) is 5. The number of aliphatic imine (C=N–C) groups is 1. The number of fused-ring (bicyclic) bond motifs is 2. The monoisotopic (exact) mass is 363 g/mol. The summed E-state index contributed by atoms with van der Waals surface area (Å²) in [7, 11) is 0. The lowest BCUT2D eigenvalue weighted by atomic mass is 10.1. The predicted molar refractivity (Wildman–Crippen MR) is 96.5 cm³/mol. The first-order valence-electron chi connectivity index (χ1n) is 9.76. The van der Waals surface area contributed by atoms with Crippen LogP contribution in [0.2, 0.25) is 0 Å². The summed E-state index contributed by atoms with van der Waals surface area (Å²) in [6.45, 7) is 7.04. The van der Waals surface area contributed by atoms with Gasteiger partial charge in [-0.3, -0.25) is 5.32 Å². The van der Waals surface area contributed by atoms with Crippen molar-refractivity contribution in [2.24, 2.45) is 4.99 Å². The lowest BCUT2D eigenvalue weighted by molar-refractivity contribution is -1.22. The third kappa shape index (κ3) is 2.63. The zero-order chi connectivity index (χ0) is 18.9. The topological polar surface area (TPSA) is 81.8 Å². The van der Waals surface area contributed by atoms with Crippen LogP contribution >= 0.6 is 0 Å². The first-order valence-corrected chi connectivity index (χ1v) is 9.76. The zero-order valence-electron chi connectivity index (χ0n) is 16.0. The summed E-state index contributed by atoms with van der Waals surface area (Å²) in [5.74, 6) is 0.592. The molecular formula is C18H29N5O3+2. The Labute approximate surface area is 154 Å². The van der Waals surface area contributed by atoms with Gasteiger partial charge in [0.2, 0.25) is 0 Å². The van der Waals surface area contributed by atoms with Crippen LogP contribution in [-0.4, -0.2) is 57.8 Å². The van der Waals surface area contributed by atoms with E-state index in [0.717, 1.165) is 30.6 Å². The Morgan fingerprint density at radius 1 is 1.31 bits per heavy atom. The minimum atomic E-state index is -0.454. The van der Waals surface area contributed by atoms with Crippen LogP contribution < -0.4 is 5.32 Å². The molecule has 0 aromatic rings. The van der Waals surface area contributed by atoms with Crippen molar-refractivity contribution >= 4 is 17.6 Å². The number of nitroso groups, excluding NO2 is 1. The Morgan fingerprint density at radius 3 is 2.69 bits per heavy atom. The molecule has 0 aromatic heterocycles. The van der Waals surface area contributed by atoms with Crippen LogP contribution in [0.1, 0.15) is 59.3 Å². The normalized spacial score (nSPS) is 27.7. The Balaban J connectivity index is 2.06. The Kier molecular flexibility index (Phi) is 5.34. The minimum Gasteiger partial charge on any atom is -0.276 e. The molecule has 0 fully saturated rings. The van der Waals surface area contributed by atoms with Crippen LogP contribution in [0.3, 0.4) is 0 Å². The summed E-state index contributed by atoms with van der Waals surface area (Å²) in [6.07, 6.45) is 4.50. The molecule has 3 heterocycles. The summed E-state index contributed by atoms with van der Waals surface area (Å²) in [4.78, 5) is 46.0. The SMILES string of the molecule is CCCCC1N=C2C3=C(N(C(=O)CC)CNC3)[N+](=O)[N+]2(CCCC)C1=O. The summed E-state index contributed by atoms with van der Waals surface area (Å²) in [5.41, 5.74) is 0.705. The van der Waals surface area contributed by atoms with Gasteiger partial charge in [0, 0.05) is 19.4 Å². The van der Waals surface area contributed by atoms with Gasteiger partial charge >= 0.3 is 17.6 Å². The van der Waals surface area contributed by atoms with Gasteiger partial charge in [-0.25, -0.2) is 14.6 Å². The number of quaternary nitrogens is 1. The first-order chi connectivity index (χ1) is 12.5. The highest BCUT2D eigenvalue weighted by Crippen LogP contribution is 2.39. The van der Waals surface area contributed by atoms with E-state index < -0.39 is 6.04 Å². The van der Waals surface area contributed by atoms with E-state index in [1.807, 2.05) is 6.92 Å². The summed E-state index contributed by atoms with van der Waals surface area (Å²) < 4.78 is -0.387. The number of carbonyl (C=O) groups is 2. The molecule has 142 valence electrons. The highest BCUT2D eigenvalue weighted by Gasteiger charge is 2.70. The Bertz CT molecular complexity index is 699. The fraction of sp³-hybridized carbons (Fsp3) is 0.722. The molecule has 0 aliphatic carbocycles. The van der Waals surface area contributed by atoms with E-state index in [4.69, 9.17) is 4.99 Å². The standard InChI is InChI=1S/C18H29N5O3/c1-4-7-9-14-18(25)23(10-8-5-2)16(20-14)13-11-19-12-21(15(24)6-3)17(13)22(23)26/h14,19H,4-12H2,1-3H3/q+2. The van der Waals surface area contributed by atoms with E-state index in [1.165, 1.54) is 4.90 Å². The average Bonchev–Trinajstić information content (AvgIpc) is 3.08. The Morgan fingerprint density at radius 2 is 2.04 bits per heavy atom. The van der Waals surface area contributed by atoms with Crippen molar-refractivity contribution in [2.75, 3.05) is 19.8 Å². The van der Waals surface area contributed by atoms with Gasteiger partial charge in [-0.15, -0.1) is 0 Å². The molecule has 8 heteroatoms. The van der Waals surface area contributed by atoms with Crippen molar-refractivity contribution < 1.29 is 19.1 Å². The van der Waals surface area contributed by atoms with Gasteiger partial charge < -0.3 is 0 Å². The molecule has 0 saturated heterocycles.